The van der Waals surface area contributed by atoms with E-state index in [9.17, 15) is 4.79 Å². The van der Waals surface area contributed by atoms with Crippen molar-refractivity contribution in [3.8, 4) is 11.5 Å². The Labute approximate surface area is 164 Å². The Bertz CT molecular complexity index is 740. The van der Waals surface area contributed by atoms with Crippen LogP contribution in [0.4, 0.5) is 5.69 Å². The van der Waals surface area contributed by atoms with E-state index < -0.39 is 0 Å². The second kappa shape index (κ2) is 11.3. The highest BCUT2D eigenvalue weighted by atomic mass is 35.5. The summed E-state index contributed by atoms with van der Waals surface area (Å²) >= 11 is 5.99. The van der Waals surface area contributed by atoms with Crippen LogP contribution in [-0.2, 0) is 16.1 Å². The number of benzene rings is 2. The number of carbonyl (C=O) groups excluding carboxylic acids is 1. The van der Waals surface area contributed by atoms with Gasteiger partial charge in [0, 0.05) is 31.6 Å². The van der Waals surface area contributed by atoms with Gasteiger partial charge in [0.1, 0.15) is 18.1 Å². The number of hydrogen-bond donors (Lipinski definition) is 2. The number of hydrogen-bond acceptors (Lipinski definition) is 5. The number of carbonyl (C=O) groups is 1. The van der Waals surface area contributed by atoms with Crippen molar-refractivity contribution in [2.75, 3.05) is 39.3 Å². The van der Waals surface area contributed by atoms with Crippen LogP contribution in [0.2, 0.25) is 5.02 Å². The second-order valence-electron chi connectivity index (χ2n) is 5.79. The molecule has 0 heterocycles. The summed E-state index contributed by atoms with van der Waals surface area (Å²) in [5.41, 5.74) is 1.74. The monoisotopic (exact) mass is 392 g/mol. The molecular formula is C20H25ClN2O4. The lowest BCUT2D eigenvalue weighted by molar-refractivity contribution is -0.121. The van der Waals surface area contributed by atoms with Crippen molar-refractivity contribution in [1.82, 2.24) is 5.32 Å². The van der Waals surface area contributed by atoms with Crippen LogP contribution in [0.15, 0.2) is 42.5 Å². The highest BCUT2D eigenvalue weighted by molar-refractivity contribution is 6.30. The summed E-state index contributed by atoms with van der Waals surface area (Å²) in [7, 11) is 3.22. The minimum atomic E-state index is -0.0470. The van der Waals surface area contributed by atoms with Gasteiger partial charge in [-0.3, -0.25) is 4.79 Å². The number of nitrogens with one attached hydrogen (secondary N) is 2. The van der Waals surface area contributed by atoms with Crippen molar-refractivity contribution in [2.24, 2.45) is 0 Å². The third-order valence-electron chi connectivity index (χ3n) is 3.77. The molecule has 27 heavy (non-hydrogen) atoms. The number of amides is 1. The first kappa shape index (κ1) is 20.9. The number of methoxy groups -OCH3 is 2. The molecule has 1 amide bonds. The summed E-state index contributed by atoms with van der Waals surface area (Å²) in [6.45, 7) is 1.94. The summed E-state index contributed by atoms with van der Waals surface area (Å²) < 4.78 is 15.8. The molecule has 2 aromatic carbocycles. The van der Waals surface area contributed by atoms with Gasteiger partial charge >= 0.3 is 0 Å². The molecule has 0 saturated carbocycles. The number of anilines is 1. The van der Waals surface area contributed by atoms with Gasteiger partial charge < -0.3 is 24.8 Å². The van der Waals surface area contributed by atoms with Crippen LogP contribution in [0.25, 0.3) is 0 Å². The van der Waals surface area contributed by atoms with Crippen LogP contribution in [0.1, 0.15) is 12.0 Å². The van der Waals surface area contributed by atoms with Gasteiger partial charge in [0.05, 0.1) is 19.4 Å². The lowest BCUT2D eigenvalue weighted by atomic mass is 10.2. The fourth-order valence-corrected chi connectivity index (χ4v) is 2.58. The van der Waals surface area contributed by atoms with Crippen LogP contribution in [0.3, 0.4) is 0 Å². The maximum atomic E-state index is 12.1. The predicted octanol–water partition coefficient (Wildman–Crippen LogP) is 3.49. The van der Waals surface area contributed by atoms with E-state index in [4.69, 9.17) is 25.8 Å². The maximum absolute atomic E-state index is 12.1. The van der Waals surface area contributed by atoms with Crippen molar-refractivity contribution < 1.29 is 19.0 Å². The molecule has 0 unspecified atom stereocenters. The van der Waals surface area contributed by atoms with Gasteiger partial charge in [0.25, 0.3) is 0 Å². The molecular weight excluding hydrogens is 368 g/mol. The number of halogens is 1. The average molecular weight is 393 g/mol. The van der Waals surface area contributed by atoms with Crippen LogP contribution >= 0.6 is 11.6 Å². The summed E-state index contributed by atoms with van der Waals surface area (Å²) in [5, 5.41) is 6.68. The van der Waals surface area contributed by atoms with E-state index in [2.05, 4.69) is 10.6 Å². The zero-order chi connectivity index (χ0) is 19.5. The van der Waals surface area contributed by atoms with Crippen LogP contribution in [0, 0.1) is 0 Å². The summed E-state index contributed by atoms with van der Waals surface area (Å²) in [5.74, 6) is 1.40. The molecule has 0 radical (unpaired) electrons. The highest BCUT2D eigenvalue weighted by Gasteiger charge is 2.06. The van der Waals surface area contributed by atoms with E-state index in [1.807, 2.05) is 24.3 Å². The quantitative estimate of drug-likeness (QED) is 0.573. The molecule has 0 aromatic heterocycles. The fraction of sp³-hybridized carbons (Fsp3) is 0.350. The third-order valence-corrected chi connectivity index (χ3v) is 4.01. The highest BCUT2D eigenvalue weighted by Crippen LogP contribution is 2.27. The molecule has 0 aliphatic heterocycles. The van der Waals surface area contributed by atoms with E-state index in [0.717, 1.165) is 17.0 Å². The Morgan fingerprint density at radius 1 is 1.11 bits per heavy atom. The van der Waals surface area contributed by atoms with Crippen molar-refractivity contribution in [3.05, 3.63) is 53.1 Å². The SMILES string of the molecule is COCCOc1cccc(CNC(=O)CCNc2cc(Cl)ccc2OC)c1. The Morgan fingerprint density at radius 2 is 1.96 bits per heavy atom. The first-order valence-electron chi connectivity index (χ1n) is 8.67. The molecule has 0 fully saturated rings. The number of rotatable bonds is 11. The topological polar surface area (TPSA) is 68.8 Å². The van der Waals surface area contributed by atoms with Crippen LogP contribution < -0.4 is 20.1 Å². The van der Waals surface area contributed by atoms with Gasteiger partial charge in [-0.2, -0.15) is 0 Å². The largest absolute Gasteiger partial charge is 0.495 e. The molecule has 0 bridgehead atoms. The Hall–Kier alpha value is -2.44. The van der Waals surface area contributed by atoms with Gasteiger partial charge in [-0.15, -0.1) is 0 Å². The van der Waals surface area contributed by atoms with Crippen LogP contribution in [0.5, 0.6) is 11.5 Å². The zero-order valence-corrected chi connectivity index (χ0v) is 16.3. The molecule has 146 valence electrons. The summed E-state index contributed by atoms with van der Waals surface area (Å²) in [4.78, 5) is 12.1. The van der Waals surface area contributed by atoms with Crippen LogP contribution in [-0.4, -0.2) is 39.9 Å². The minimum absolute atomic E-state index is 0.0470. The lowest BCUT2D eigenvalue weighted by Crippen LogP contribution is -2.25. The maximum Gasteiger partial charge on any atom is 0.222 e. The smallest absolute Gasteiger partial charge is 0.222 e. The second-order valence-corrected chi connectivity index (χ2v) is 6.22. The van der Waals surface area contributed by atoms with E-state index in [-0.39, 0.29) is 5.91 Å². The average Bonchev–Trinajstić information content (AvgIpc) is 2.67. The normalized spacial score (nSPS) is 10.3. The molecule has 0 aliphatic rings. The summed E-state index contributed by atoms with van der Waals surface area (Å²) in [6.07, 6.45) is 0.333. The first-order valence-corrected chi connectivity index (χ1v) is 9.05. The van der Waals surface area contributed by atoms with E-state index >= 15 is 0 Å². The minimum Gasteiger partial charge on any atom is -0.495 e. The standard InChI is InChI=1S/C20H25ClN2O4/c1-25-10-11-27-17-5-3-4-15(12-17)14-23-20(24)8-9-22-18-13-16(21)6-7-19(18)26-2/h3-7,12-13,22H,8-11,14H2,1-2H3,(H,23,24). The molecule has 2 aromatic rings. The number of ether oxygens (including phenoxy) is 3. The van der Waals surface area contributed by atoms with E-state index in [1.165, 1.54) is 0 Å². The molecule has 0 aliphatic carbocycles. The lowest BCUT2D eigenvalue weighted by Gasteiger charge is -2.12. The van der Waals surface area contributed by atoms with Gasteiger partial charge in [0.15, 0.2) is 0 Å². The predicted molar refractivity (Wildman–Crippen MR) is 107 cm³/mol. The zero-order valence-electron chi connectivity index (χ0n) is 15.6. The molecule has 0 saturated heterocycles. The van der Waals surface area contributed by atoms with E-state index in [0.29, 0.717) is 43.5 Å². The molecule has 0 spiro atoms. The van der Waals surface area contributed by atoms with Gasteiger partial charge in [0.2, 0.25) is 5.91 Å². The van der Waals surface area contributed by atoms with Crippen molar-refractivity contribution in [2.45, 2.75) is 13.0 Å². The molecule has 2 N–H and O–H groups in total. The summed E-state index contributed by atoms with van der Waals surface area (Å²) in [6, 6.07) is 12.9. The third kappa shape index (κ3) is 7.37. The molecule has 0 atom stereocenters. The Morgan fingerprint density at radius 3 is 2.74 bits per heavy atom. The first-order chi connectivity index (χ1) is 13.1. The Kier molecular flexibility index (Phi) is 8.74. The van der Waals surface area contributed by atoms with Crippen molar-refractivity contribution in [3.63, 3.8) is 0 Å². The van der Waals surface area contributed by atoms with Crippen molar-refractivity contribution in [1.29, 1.82) is 0 Å². The fourth-order valence-electron chi connectivity index (χ4n) is 2.41. The Balaban J connectivity index is 1.75. The van der Waals surface area contributed by atoms with E-state index in [1.54, 1.807) is 32.4 Å². The molecule has 2 rings (SSSR count). The molecule has 7 heteroatoms. The van der Waals surface area contributed by atoms with Gasteiger partial charge in [-0.05, 0) is 35.9 Å². The van der Waals surface area contributed by atoms with Gasteiger partial charge in [-0.25, -0.2) is 0 Å². The van der Waals surface area contributed by atoms with Gasteiger partial charge in [-0.1, -0.05) is 23.7 Å². The molecule has 6 nitrogen and oxygen atoms in total. The van der Waals surface area contributed by atoms with Crippen molar-refractivity contribution >= 4 is 23.2 Å².